The Balaban J connectivity index is 1.93. The van der Waals surface area contributed by atoms with Crippen LogP contribution in [0, 0.1) is 0 Å². The van der Waals surface area contributed by atoms with Crippen LogP contribution in [0.25, 0.3) is 5.76 Å². The Morgan fingerprint density at radius 3 is 2.29 bits per heavy atom. The van der Waals surface area contributed by atoms with Gasteiger partial charge in [-0.1, -0.05) is 18.2 Å². The number of carbonyl (C=O) groups is 2. The molecule has 1 fully saturated rings. The maximum absolute atomic E-state index is 13.5. The number of amides is 1. The molecule has 2 heterocycles. The summed E-state index contributed by atoms with van der Waals surface area (Å²) in [6.07, 6.45) is 3.16. The van der Waals surface area contributed by atoms with Crippen LogP contribution in [0.1, 0.15) is 36.6 Å². The number of carbonyl (C=O) groups excluding carboxylic acids is 2. The summed E-state index contributed by atoms with van der Waals surface area (Å²) in [5, 5.41) is 11.5. The Labute approximate surface area is 221 Å². The van der Waals surface area contributed by atoms with E-state index in [2.05, 4.69) is 4.98 Å². The molecule has 0 radical (unpaired) electrons. The third-order valence-electron chi connectivity index (χ3n) is 6.10. The minimum absolute atomic E-state index is 0.0603. The number of likely N-dealkylation sites (tertiary alicyclic amines) is 1. The van der Waals surface area contributed by atoms with Gasteiger partial charge < -0.3 is 29.0 Å². The van der Waals surface area contributed by atoms with Crippen molar-refractivity contribution in [3.05, 3.63) is 83.2 Å². The van der Waals surface area contributed by atoms with Crippen molar-refractivity contribution in [2.45, 2.75) is 32.5 Å². The van der Waals surface area contributed by atoms with Crippen molar-refractivity contribution in [2.75, 3.05) is 21.3 Å². The second-order valence-electron chi connectivity index (χ2n) is 8.94. The normalized spacial score (nSPS) is 16.6. The van der Waals surface area contributed by atoms with E-state index in [1.54, 1.807) is 54.9 Å². The number of hydrogen-bond acceptors (Lipinski definition) is 8. The molecular weight excluding hydrogens is 488 g/mol. The number of rotatable bonds is 9. The van der Waals surface area contributed by atoms with E-state index >= 15 is 0 Å². The number of hydrogen-bond donors (Lipinski definition) is 1. The predicted octanol–water partition coefficient (Wildman–Crippen LogP) is 4.52. The molecule has 9 heteroatoms. The number of aromatic nitrogens is 1. The van der Waals surface area contributed by atoms with Gasteiger partial charge in [-0.2, -0.15) is 0 Å². The first-order valence-electron chi connectivity index (χ1n) is 12.0. The average molecular weight is 519 g/mol. The van der Waals surface area contributed by atoms with Crippen molar-refractivity contribution in [1.29, 1.82) is 0 Å². The Morgan fingerprint density at radius 1 is 1.00 bits per heavy atom. The molecule has 1 unspecified atom stereocenters. The van der Waals surface area contributed by atoms with Crippen molar-refractivity contribution in [1.82, 2.24) is 9.88 Å². The average Bonchev–Trinajstić information content (AvgIpc) is 3.17. The fraction of sp³-hybridized carbons (Fsp3) is 0.276. The van der Waals surface area contributed by atoms with Crippen LogP contribution in [0.2, 0.25) is 0 Å². The Morgan fingerprint density at radius 2 is 1.71 bits per heavy atom. The lowest BCUT2D eigenvalue weighted by atomic mass is 9.94. The van der Waals surface area contributed by atoms with E-state index in [0.29, 0.717) is 34.1 Å². The predicted molar refractivity (Wildman–Crippen MR) is 140 cm³/mol. The summed E-state index contributed by atoms with van der Waals surface area (Å²) < 4.78 is 22.3. The third-order valence-corrected chi connectivity index (χ3v) is 6.10. The number of benzene rings is 2. The molecule has 9 nitrogen and oxygen atoms in total. The van der Waals surface area contributed by atoms with Gasteiger partial charge in [0.1, 0.15) is 11.5 Å². The number of pyridine rings is 1. The highest BCUT2D eigenvalue weighted by molar-refractivity contribution is 6.46. The van der Waals surface area contributed by atoms with Gasteiger partial charge in [0.25, 0.3) is 11.7 Å². The largest absolute Gasteiger partial charge is 0.507 e. The fourth-order valence-electron chi connectivity index (χ4n) is 4.48. The van der Waals surface area contributed by atoms with Crippen molar-refractivity contribution in [3.63, 3.8) is 0 Å². The molecule has 4 rings (SSSR count). The number of aliphatic hydroxyl groups excluding tert-OH is 1. The zero-order valence-corrected chi connectivity index (χ0v) is 21.9. The number of aliphatic hydroxyl groups is 1. The fourth-order valence-corrected chi connectivity index (χ4v) is 4.48. The minimum Gasteiger partial charge on any atom is -0.507 e. The van der Waals surface area contributed by atoms with Crippen LogP contribution in [-0.2, 0) is 16.1 Å². The second kappa shape index (κ2) is 11.2. The summed E-state index contributed by atoms with van der Waals surface area (Å²) in [5.74, 6) is -0.282. The Kier molecular flexibility index (Phi) is 7.85. The first kappa shape index (κ1) is 26.5. The van der Waals surface area contributed by atoms with Gasteiger partial charge in [-0.3, -0.25) is 14.6 Å². The molecule has 1 amide bonds. The van der Waals surface area contributed by atoms with Crippen molar-refractivity contribution >= 4 is 17.4 Å². The molecule has 0 spiro atoms. The highest BCUT2D eigenvalue weighted by atomic mass is 16.5. The lowest BCUT2D eigenvalue weighted by Crippen LogP contribution is -2.29. The zero-order valence-electron chi connectivity index (χ0n) is 21.9. The molecule has 1 aliphatic rings. The second-order valence-corrected chi connectivity index (χ2v) is 8.94. The summed E-state index contributed by atoms with van der Waals surface area (Å²) in [7, 11) is 4.45. The summed E-state index contributed by atoms with van der Waals surface area (Å²) in [6.45, 7) is 3.87. The quantitative estimate of drug-likeness (QED) is 0.250. The molecule has 198 valence electrons. The number of nitrogens with zero attached hydrogens (tertiary/aromatic N) is 2. The van der Waals surface area contributed by atoms with Crippen molar-refractivity contribution < 1.29 is 33.6 Å². The maximum atomic E-state index is 13.5. The van der Waals surface area contributed by atoms with Gasteiger partial charge in [-0.15, -0.1) is 0 Å². The van der Waals surface area contributed by atoms with Crippen LogP contribution in [-0.4, -0.2) is 54.1 Å². The lowest BCUT2D eigenvalue weighted by molar-refractivity contribution is -0.140. The first-order valence-corrected chi connectivity index (χ1v) is 12.0. The molecule has 1 N–H and O–H groups in total. The molecule has 1 atom stereocenters. The third kappa shape index (κ3) is 5.13. The van der Waals surface area contributed by atoms with Crippen molar-refractivity contribution in [2.24, 2.45) is 0 Å². The van der Waals surface area contributed by atoms with Crippen LogP contribution < -0.4 is 18.9 Å². The SMILES string of the molecule is COc1cc(C2/C(=C(\O)c3cccc(OC(C)C)c3)C(=O)C(=O)N2Cc2cccnc2)cc(OC)c1OC. The zero-order chi connectivity index (χ0) is 27.4. The monoisotopic (exact) mass is 518 g/mol. The van der Waals surface area contributed by atoms with Gasteiger partial charge in [-0.25, -0.2) is 0 Å². The molecule has 2 aromatic carbocycles. The molecular formula is C29H30N2O7. The van der Waals surface area contributed by atoms with Crippen molar-refractivity contribution in [3.8, 4) is 23.0 Å². The van der Waals surface area contributed by atoms with Crippen LogP contribution in [0.5, 0.6) is 23.0 Å². The van der Waals surface area contributed by atoms with E-state index in [1.165, 1.54) is 26.2 Å². The molecule has 0 aliphatic carbocycles. The van der Waals surface area contributed by atoms with Crippen LogP contribution in [0.4, 0.5) is 0 Å². The van der Waals surface area contributed by atoms with Crippen LogP contribution >= 0.6 is 0 Å². The summed E-state index contributed by atoms with van der Waals surface area (Å²) >= 11 is 0. The highest BCUT2D eigenvalue weighted by Crippen LogP contribution is 2.46. The van der Waals surface area contributed by atoms with Gasteiger partial charge in [0.05, 0.1) is 39.0 Å². The van der Waals surface area contributed by atoms with Crippen LogP contribution in [0.3, 0.4) is 0 Å². The van der Waals surface area contributed by atoms with E-state index in [-0.39, 0.29) is 24.0 Å². The van der Waals surface area contributed by atoms with E-state index in [4.69, 9.17) is 18.9 Å². The molecule has 0 bridgehead atoms. The molecule has 1 aromatic heterocycles. The minimum atomic E-state index is -0.946. The number of ketones is 1. The maximum Gasteiger partial charge on any atom is 0.295 e. The number of methoxy groups -OCH3 is 3. The molecule has 3 aromatic rings. The van der Waals surface area contributed by atoms with Gasteiger partial charge in [0.2, 0.25) is 5.75 Å². The molecule has 38 heavy (non-hydrogen) atoms. The van der Waals surface area contributed by atoms with Gasteiger partial charge >= 0.3 is 0 Å². The first-order chi connectivity index (χ1) is 18.3. The molecule has 1 aliphatic heterocycles. The van der Waals surface area contributed by atoms with Gasteiger partial charge in [-0.05, 0) is 55.3 Å². The van der Waals surface area contributed by atoms with Gasteiger partial charge in [0, 0.05) is 24.5 Å². The van der Waals surface area contributed by atoms with E-state index in [9.17, 15) is 14.7 Å². The standard InChI is InChI=1S/C29H30N2O7/c1-17(2)38-21-10-6-9-19(12-21)26(32)24-25(20-13-22(35-3)28(37-5)23(14-20)36-4)31(29(34)27(24)33)16-18-8-7-11-30-15-18/h6-15,17,25,32H,16H2,1-5H3/b26-24+. The van der Waals surface area contributed by atoms with Crippen LogP contribution in [0.15, 0.2) is 66.5 Å². The highest BCUT2D eigenvalue weighted by Gasteiger charge is 2.46. The van der Waals surface area contributed by atoms with E-state index in [1.807, 2.05) is 19.9 Å². The lowest BCUT2D eigenvalue weighted by Gasteiger charge is -2.26. The number of ether oxygens (including phenoxy) is 4. The van der Waals surface area contributed by atoms with Gasteiger partial charge in [0.15, 0.2) is 11.5 Å². The Hall–Kier alpha value is -4.53. The summed E-state index contributed by atoms with van der Waals surface area (Å²) in [6, 6.07) is 12.7. The molecule has 1 saturated heterocycles. The Bertz CT molecular complexity index is 1340. The topological polar surface area (TPSA) is 107 Å². The summed E-state index contributed by atoms with van der Waals surface area (Å²) in [5.41, 5.74) is 1.51. The summed E-state index contributed by atoms with van der Waals surface area (Å²) in [4.78, 5) is 32.4. The molecule has 0 saturated carbocycles. The smallest absolute Gasteiger partial charge is 0.295 e. The van der Waals surface area contributed by atoms with E-state index in [0.717, 1.165) is 5.56 Å². The number of Topliss-reactive ketones (excluding diaryl/α,β-unsaturated/α-hetero) is 1. The van der Waals surface area contributed by atoms with E-state index < -0.39 is 17.7 Å².